The van der Waals surface area contributed by atoms with Crippen molar-refractivity contribution in [3.05, 3.63) is 51.4 Å². The smallest absolute Gasteiger partial charge is 0.332 e. The van der Waals surface area contributed by atoms with Gasteiger partial charge >= 0.3 is 5.69 Å². The van der Waals surface area contributed by atoms with Gasteiger partial charge in [0.2, 0.25) is 5.91 Å². The Morgan fingerprint density at radius 3 is 2.38 bits per heavy atom. The molecule has 2 aromatic heterocycles. The lowest BCUT2D eigenvalue weighted by Gasteiger charge is -2.10. The van der Waals surface area contributed by atoms with E-state index in [1.165, 1.54) is 29.6 Å². The van der Waals surface area contributed by atoms with Crippen LogP contribution in [-0.2, 0) is 25.4 Å². The molecular formula is C19H23N5O5. The summed E-state index contributed by atoms with van der Waals surface area (Å²) < 4.78 is 14.6. The molecule has 0 saturated heterocycles. The second-order valence-corrected chi connectivity index (χ2v) is 6.35. The van der Waals surface area contributed by atoms with Crippen molar-refractivity contribution in [3.8, 4) is 11.5 Å². The molecular weight excluding hydrogens is 378 g/mol. The summed E-state index contributed by atoms with van der Waals surface area (Å²) in [6.07, 6.45) is 1.38. The minimum Gasteiger partial charge on any atom is -0.494 e. The van der Waals surface area contributed by atoms with E-state index < -0.39 is 11.2 Å². The topological polar surface area (TPSA) is 109 Å². The molecule has 0 aliphatic carbocycles. The summed E-state index contributed by atoms with van der Waals surface area (Å²) >= 11 is 0. The lowest BCUT2D eigenvalue weighted by atomic mass is 10.3. The Labute approximate surface area is 166 Å². The number of amides is 1. The van der Waals surface area contributed by atoms with Crippen LogP contribution in [0.4, 0.5) is 0 Å². The Kier molecular flexibility index (Phi) is 6.01. The Balaban J connectivity index is 1.56. The number of carbonyl (C=O) groups excluding carboxylic acids is 1. The third-order valence-corrected chi connectivity index (χ3v) is 4.36. The minimum absolute atomic E-state index is 0.0903. The summed E-state index contributed by atoms with van der Waals surface area (Å²) in [5.41, 5.74) is -0.518. The Morgan fingerprint density at radius 1 is 1.07 bits per heavy atom. The fraction of sp³-hybridized carbons (Fsp3) is 0.368. The van der Waals surface area contributed by atoms with Crippen molar-refractivity contribution in [2.75, 3.05) is 19.8 Å². The van der Waals surface area contributed by atoms with Crippen LogP contribution in [0.25, 0.3) is 11.2 Å². The minimum atomic E-state index is -0.493. The monoisotopic (exact) mass is 401 g/mol. The maximum Gasteiger partial charge on any atom is 0.332 e. The number of aromatic nitrogens is 4. The molecule has 3 aromatic rings. The number of nitrogens with zero attached hydrogens (tertiary/aromatic N) is 4. The Bertz CT molecular complexity index is 1130. The molecule has 10 nitrogen and oxygen atoms in total. The number of rotatable bonds is 8. The first-order valence-electron chi connectivity index (χ1n) is 9.15. The summed E-state index contributed by atoms with van der Waals surface area (Å²) in [6, 6.07) is 7.22. The van der Waals surface area contributed by atoms with Crippen LogP contribution < -0.4 is 26.0 Å². The Morgan fingerprint density at radius 2 is 1.72 bits per heavy atom. The average molecular weight is 401 g/mol. The molecule has 1 amide bonds. The molecule has 3 rings (SSSR count). The maximum absolute atomic E-state index is 12.4. The van der Waals surface area contributed by atoms with Crippen molar-refractivity contribution >= 4 is 17.1 Å². The van der Waals surface area contributed by atoms with Crippen molar-refractivity contribution in [1.82, 2.24) is 24.0 Å². The van der Waals surface area contributed by atoms with Gasteiger partial charge in [-0.1, -0.05) is 0 Å². The maximum atomic E-state index is 12.4. The van der Waals surface area contributed by atoms with Crippen LogP contribution in [0, 0.1) is 0 Å². The molecule has 0 saturated carbocycles. The Hall–Kier alpha value is -3.56. The van der Waals surface area contributed by atoms with E-state index in [2.05, 4.69) is 10.3 Å². The predicted octanol–water partition coefficient (Wildman–Crippen LogP) is 0.0276. The number of hydrogen-bond acceptors (Lipinski definition) is 6. The molecule has 1 N–H and O–H groups in total. The molecule has 10 heteroatoms. The van der Waals surface area contributed by atoms with Crippen LogP contribution in [0.1, 0.15) is 6.92 Å². The lowest BCUT2D eigenvalue weighted by molar-refractivity contribution is -0.121. The summed E-state index contributed by atoms with van der Waals surface area (Å²) in [4.78, 5) is 40.6. The van der Waals surface area contributed by atoms with Gasteiger partial charge in [-0.15, -0.1) is 0 Å². The van der Waals surface area contributed by atoms with Gasteiger partial charge in [-0.05, 0) is 31.2 Å². The first kappa shape index (κ1) is 20.2. The van der Waals surface area contributed by atoms with Crippen molar-refractivity contribution in [1.29, 1.82) is 0 Å². The van der Waals surface area contributed by atoms with Gasteiger partial charge in [-0.2, -0.15) is 0 Å². The van der Waals surface area contributed by atoms with Gasteiger partial charge in [0.15, 0.2) is 11.2 Å². The molecule has 0 atom stereocenters. The van der Waals surface area contributed by atoms with E-state index in [0.717, 1.165) is 10.3 Å². The SMILES string of the molecule is CCOc1ccc(OCCNC(=O)Cn2cnc3c2c(=O)n(C)c(=O)n3C)cc1. The zero-order valence-corrected chi connectivity index (χ0v) is 16.5. The zero-order chi connectivity index (χ0) is 21.0. The number of aryl methyl sites for hydroxylation is 1. The molecule has 29 heavy (non-hydrogen) atoms. The largest absolute Gasteiger partial charge is 0.494 e. The average Bonchev–Trinajstić information content (AvgIpc) is 3.13. The molecule has 2 heterocycles. The second-order valence-electron chi connectivity index (χ2n) is 6.35. The summed E-state index contributed by atoms with van der Waals surface area (Å²) in [5, 5.41) is 2.73. The lowest BCUT2D eigenvalue weighted by Crippen LogP contribution is -2.38. The van der Waals surface area contributed by atoms with Crippen LogP contribution >= 0.6 is 0 Å². The molecule has 0 aliphatic heterocycles. The third kappa shape index (κ3) is 4.31. The number of imidazole rings is 1. The molecule has 0 bridgehead atoms. The fourth-order valence-corrected chi connectivity index (χ4v) is 2.89. The molecule has 1 aromatic carbocycles. The van der Waals surface area contributed by atoms with Gasteiger partial charge in [-0.3, -0.25) is 18.7 Å². The van der Waals surface area contributed by atoms with Gasteiger partial charge in [0.1, 0.15) is 24.7 Å². The number of hydrogen-bond donors (Lipinski definition) is 1. The van der Waals surface area contributed by atoms with E-state index in [1.54, 1.807) is 12.1 Å². The highest BCUT2D eigenvalue weighted by molar-refractivity contribution is 5.78. The second kappa shape index (κ2) is 8.63. The van der Waals surface area contributed by atoms with Crippen molar-refractivity contribution in [2.45, 2.75) is 13.5 Å². The van der Waals surface area contributed by atoms with Crippen molar-refractivity contribution < 1.29 is 14.3 Å². The molecule has 0 spiro atoms. The molecule has 154 valence electrons. The van der Waals surface area contributed by atoms with Gasteiger partial charge in [0.25, 0.3) is 5.56 Å². The van der Waals surface area contributed by atoms with Crippen molar-refractivity contribution in [3.63, 3.8) is 0 Å². The zero-order valence-electron chi connectivity index (χ0n) is 16.5. The van der Waals surface area contributed by atoms with E-state index in [-0.39, 0.29) is 23.6 Å². The van der Waals surface area contributed by atoms with Crippen LogP contribution in [0.15, 0.2) is 40.2 Å². The summed E-state index contributed by atoms with van der Waals surface area (Å²) in [7, 11) is 2.92. The number of nitrogens with one attached hydrogen (secondary N) is 1. The quantitative estimate of drug-likeness (QED) is 0.533. The summed E-state index contributed by atoms with van der Waals surface area (Å²) in [5.74, 6) is 1.15. The highest BCUT2D eigenvalue weighted by atomic mass is 16.5. The molecule has 0 unspecified atom stereocenters. The predicted molar refractivity (Wildman–Crippen MR) is 106 cm³/mol. The van der Waals surface area contributed by atoms with Crippen LogP contribution in [0.3, 0.4) is 0 Å². The van der Waals surface area contributed by atoms with E-state index in [0.29, 0.717) is 25.5 Å². The van der Waals surface area contributed by atoms with E-state index in [4.69, 9.17) is 9.47 Å². The van der Waals surface area contributed by atoms with Gasteiger partial charge in [0.05, 0.1) is 19.5 Å². The normalized spacial score (nSPS) is 10.9. The van der Waals surface area contributed by atoms with E-state index in [9.17, 15) is 14.4 Å². The van der Waals surface area contributed by atoms with Crippen LogP contribution in [0.5, 0.6) is 11.5 Å². The fourth-order valence-electron chi connectivity index (χ4n) is 2.89. The third-order valence-electron chi connectivity index (χ3n) is 4.36. The standard InChI is InChI=1S/C19H23N5O5/c1-4-28-13-5-7-14(8-6-13)29-10-9-20-15(25)11-24-12-21-17-16(24)18(26)23(3)19(27)22(17)2/h5-8,12H,4,9-11H2,1-3H3,(H,20,25). The first-order chi connectivity index (χ1) is 13.9. The number of fused-ring (bicyclic) bond motifs is 1. The number of carbonyl (C=O) groups is 1. The van der Waals surface area contributed by atoms with Crippen molar-refractivity contribution in [2.24, 2.45) is 14.1 Å². The summed E-state index contributed by atoms with van der Waals surface area (Å²) in [6.45, 7) is 3.02. The van der Waals surface area contributed by atoms with Gasteiger partial charge in [-0.25, -0.2) is 9.78 Å². The molecule has 0 radical (unpaired) electrons. The van der Waals surface area contributed by atoms with E-state index in [1.807, 2.05) is 19.1 Å². The number of benzene rings is 1. The highest BCUT2D eigenvalue weighted by Gasteiger charge is 2.15. The highest BCUT2D eigenvalue weighted by Crippen LogP contribution is 2.17. The first-order valence-corrected chi connectivity index (χ1v) is 9.15. The van der Waals surface area contributed by atoms with Crippen LogP contribution in [-0.4, -0.2) is 44.4 Å². The molecule has 0 aliphatic rings. The number of ether oxygens (including phenoxy) is 2. The van der Waals surface area contributed by atoms with Crippen LogP contribution in [0.2, 0.25) is 0 Å². The van der Waals surface area contributed by atoms with E-state index >= 15 is 0 Å². The molecule has 0 fully saturated rings. The van der Waals surface area contributed by atoms with Gasteiger partial charge < -0.3 is 19.4 Å². The van der Waals surface area contributed by atoms with Gasteiger partial charge in [0, 0.05) is 14.1 Å².